The fourth-order valence-electron chi connectivity index (χ4n) is 2.27. The topological polar surface area (TPSA) is 32.8 Å². The first-order valence-corrected chi connectivity index (χ1v) is 6.91. The van der Waals surface area contributed by atoms with Crippen LogP contribution in [0.5, 0.6) is 0 Å². The van der Waals surface area contributed by atoms with E-state index in [-0.39, 0.29) is 6.09 Å². The summed E-state index contributed by atoms with van der Waals surface area (Å²) in [6.45, 7) is 5.57. The summed E-state index contributed by atoms with van der Waals surface area (Å²) in [5, 5.41) is 0. The number of rotatable bonds is 0. The van der Waals surface area contributed by atoms with Crippen LogP contribution in [0.4, 0.5) is 4.79 Å². The standard InChI is InChI=1S/C17H18N2O2/c1-17(2,3)21-16(20)19-11-10-18-9-8-13-6-4-5-7-14(13)15(18)12-19/h4-12H,1-3H3. The van der Waals surface area contributed by atoms with Gasteiger partial charge in [-0.3, -0.25) is 4.90 Å². The van der Waals surface area contributed by atoms with Gasteiger partial charge in [-0.05, 0) is 32.4 Å². The number of ether oxygens (including phenoxy) is 1. The SMILES string of the molecule is CC(C)(C)OC(=O)N1C=CN2C=Cc3ccccc3C2=C1. The highest BCUT2D eigenvalue weighted by Crippen LogP contribution is 2.32. The van der Waals surface area contributed by atoms with Crippen LogP contribution >= 0.6 is 0 Å². The maximum Gasteiger partial charge on any atom is 0.418 e. The van der Waals surface area contributed by atoms with Crippen LogP contribution in [0.3, 0.4) is 0 Å². The highest BCUT2D eigenvalue weighted by molar-refractivity contribution is 5.82. The maximum atomic E-state index is 12.2. The molecule has 0 bridgehead atoms. The number of carbonyl (C=O) groups excluding carboxylic acids is 1. The number of fused-ring (bicyclic) bond motifs is 3. The molecule has 2 heterocycles. The van der Waals surface area contributed by atoms with Gasteiger partial charge in [-0.2, -0.15) is 0 Å². The van der Waals surface area contributed by atoms with Crippen molar-refractivity contribution in [3.05, 3.63) is 60.2 Å². The van der Waals surface area contributed by atoms with Crippen molar-refractivity contribution in [2.45, 2.75) is 26.4 Å². The molecule has 2 aliphatic heterocycles. The van der Waals surface area contributed by atoms with Crippen molar-refractivity contribution in [3.63, 3.8) is 0 Å². The lowest BCUT2D eigenvalue weighted by atomic mass is 10.0. The fraction of sp³-hybridized carbons (Fsp3) is 0.235. The van der Waals surface area contributed by atoms with E-state index in [4.69, 9.17) is 4.74 Å². The van der Waals surface area contributed by atoms with Gasteiger partial charge in [0.2, 0.25) is 0 Å². The van der Waals surface area contributed by atoms with E-state index in [1.807, 2.05) is 56.3 Å². The summed E-state index contributed by atoms with van der Waals surface area (Å²) < 4.78 is 5.40. The van der Waals surface area contributed by atoms with E-state index in [1.165, 1.54) is 4.90 Å². The lowest BCUT2D eigenvalue weighted by molar-refractivity contribution is 0.0396. The highest BCUT2D eigenvalue weighted by Gasteiger charge is 2.25. The van der Waals surface area contributed by atoms with E-state index < -0.39 is 5.60 Å². The maximum absolute atomic E-state index is 12.2. The monoisotopic (exact) mass is 282 g/mol. The lowest BCUT2D eigenvalue weighted by Crippen LogP contribution is -2.33. The molecule has 0 radical (unpaired) electrons. The Morgan fingerprint density at radius 2 is 1.86 bits per heavy atom. The van der Waals surface area contributed by atoms with Gasteiger partial charge in [-0.1, -0.05) is 24.3 Å². The predicted octanol–water partition coefficient (Wildman–Crippen LogP) is 3.99. The van der Waals surface area contributed by atoms with Crippen molar-refractivity contribution in [1.29, 1.82) is 0 Å². The fourth-order valence-corrected chi connectivity index (χ4v) is 2.27. The third kappa shape index (κ3) is 2.70. The molecule has 1 aromatic carbocycles. The van der Waals surface area contributed by atoms with Gasteiger partial charge in [0, 0.05) is 30.4 Å². The molecule has 3 rings (SSSR count). The molecule has 4 heteroatoms. The highest BCUT2D eigenvalue weighted by atomic mass is 16.6. The summed E-state index contributed by atoms with van der Waals surface area (Å²) in [4.78, 5) is 15.6. The van der Waals surface area contributed by atoms with E-state index >= 15 is 0 Å². The van der Waals surface area contributed by atoms with Crippen molar-refractivity contribution in [2.24, 2.45) is 0 Å². The number of carbonyl (C=O) groups is 1. The Bertz CT molecular complexity index is 666. The van der Waals surface area contributed by atoms with Crippen LogP contribution in [0.15, 0.2) is 49.1 Å². The Morgan fingerprint density at radius 3 is 2.62 bits per heavy atom. The average molecular weight is 282 g/mol. The van der Waals surface area contributed by atoms with Gasteiger partial charge in [-0.15, -0.1) is 0 Å². The van der Waals surface area contributed by atoms with Gasteiger partial charge in [0.15, 0.2) is 0 Å². The van der Waals surface area contributed by atoms with E-state index in [9.17, 15) is 4.79 Å². The Morgan fingerprint density at radius 1 is 1.10 bits per heavy atom. The molecule has 0 N–H and O–H groups in total. The zero-order valence-corrected chi connectivity index (χ0v) is 12.4. The Balaban J connectivity index is 1.92. The minimum Gasteiger partial charge on any atom is -0.443 e. The van der Waals surface area contributed by atoms with Crippen LogP contribution < -0.4 is 0 Å². The summed E-state index contributed by atoms with van der Waals surface area (Å²) >= 11 is 0. The van der Waals surface area contributed by atoms with Crippen molar-refractivity contribution in [2.75, 3.05) is 0 Å². The van der Waals surface area contributed by atoms with Crippen LogP contribution in [-0.2, 0) is 4.74 Å². The molecule has 0 aliphatic carbocycles. The number of hydrogen-bond acceptors (Lipinski definition) is 3. The third-order valence-corrected chi connectivity index (χ3v) is 3.18. The van der Waals surface area contributed by atoms with Gasteiger partial charge in [-0.25, -0.2) is 4.79 Å². The molecule has 4 nitrogen and oxygen atoms in total. The molecule has 0 atom stereocenters. The smallest absolute Gasteiger partial charge is 0.418 e. The summed E-state index contributed by atoms with van der Waals surface area (Å²) in [6, 6.07) is 8.10. The zero-order chi connectivity index (χ0) is 15.0. The molecule has 1 aromatic rings. The summed E-state index contributed by atoms with van der Waals surface area (Å²) in [6.07, 6.45) is 9.02. The van der Waals surface area contributed by atoms with Crippen LogP contribution in [0.2, 0.25) is 0 Å². The van der Waals surface area contributed by atoms with E-state index in [0.29, 0.717) is 0 Å². The van der Waals surface area contributed by atoms with E-state index in [1.54, 1.807) is 12.4 Å². The molecule has 1 amide bonds. The lowest BCUT2D eigenvalue weighted by Gasteiger charge is -2.31. The first kappa shape index (κ1) is 13.5. The second kappa shape index (κ2) is 4.81. The van der Waals surface area contributed by atoms with Gasteiger partial charge < -0.3 is 9.64 Å². The summed E-state index contributed by atoms with van der Waals surface area (Å²) in [5.74, 6) is 0. The normalized spacial score (nSPS) is 16.2. The predicted molar refractivity (Wildman–Crippen MR) is 82.5 cm³/mol. The van der Waals surface area contributed by atoms with Crippen molar-refractivity contribution >= 4 is 17.9 Å². The average Bonchev–Trinajstić information content (AvgIpc) is 2.45. The Labute approximate surface area is 124 Å². The quantitative estimate of drug-likeness (QED) is 0.721. The van der Waals surface area contributed by atoms with Gasteiger partial charge in [0.1, 0.15) is 5.60 Å². The molecule has 2 aliphatic rings. The Kier molecular flexibility index (Phi) is 3.09. The first-order chi connectivity index (χ1) is 9.94. The van der Waals surface area contributed by atoms with Gasteiger partial charge in [0.05, 0.1) is 5.70 Å². The molecule has 0 fully saturated rings. The van der Waals surface area contributed by atoms with E-state index in [2.05, 4.69) is 12.1 Å². The zero-order valence-electron chi connectivity index (χ0n) is 12.4. The molecule has 0 aromatic heterocycles. The molecule has 0 saturated heterocycles. The number of amides is 1. The molecule has 0 spiro atoms. The molecule has 21 heavy (non-hydrogen) atoms. The van der Waals surface area contributed by atoms with E-state index in [0.717, 1.165) is 16.8 Å². The second-order valence-corrected chi connectivity index (χ2v) is 6.01. The molecule has 108 valence electrons. The van der Waals surface area contributed by atoms with Crippen LogP contribution in [0.1, 0.15) is 31.9 Å². The second-order valence-electron chi connectivity index (χ2n) is 6.01. The summed E-state index contributed by atoms with van der Waals surface area (Å²) in [7, 11) is 0. The van der Waals surface area contributed by atoms with Crippen molar-refractivity contribution in [1.82, 2.24) is 9.80 Å². The van der Waals surface area contributed by atoms with Crippen LogP contribution in [0, 0.1) is 0 Å². The van der Waals surface area contributed by atoms with Crippen LogP contribution in [0.25, 0.3) is 11.8 Å². The minimum absolute atomic E-state index is 0.377. The molecule has 0 unspecified atom stereocenters. The molecule has 0 saturated carbocycles. The van der Waals surface area contributed by atoms with Crippen molar-refractivity contribution < 1.29 is 9.53 Å². The largest absolute Gasteiger partial charge is 0.443 e. The van der Waals surface area contributed by atoms with Gasteiger partial charge in [0.25, 0.3) is 0 Å². The molecular weight excluding hydrogens is 264 g/mol. The minimum atomic E-state index is -0.509. The first-order valence-electron chi connectivity index (χ1n) is 6.91. The number of benzene rings is 1. The molecular formula is C17H18N2O2. The van der Waals surface area contributed by atoms with Crippen LogP contribution in [-0.4, -0.2) is 21.5 Å². The van der Waals surface area contributed by atoms with Gasteiger partial charge >= 0.3 is 6.09 Å². The summed E-state index contributed by atoms with van der Waals surface area (Å²) in [5.41, 5.74) is 2.68. The Hall–Kier alpha value is -2.49. The number of hydrogen-bond donors (Lipinski definition) is 0. The van der Waals surface area contributed by atoms with Crippen molar-refractivity contribution in [3.8, 4) is 0 Å². The third-order valence-electron chi connectivity index (χ3n) is 3.18. The number of nitrogens with zero attached hydrogens (tertiary/aromatic N) is 2.